The number of anilines is 3. The third kappa shape index (κ3) is 3.94. The van der Waals surface area contributed by atoms with Crippen LogP contribution < -0.4 is 15.5 Å². The fourth-order valence-electron chi connectivity index (χ4n) is 3.67. The van der Waals surface area contributed by atoms with Crippen LogP contribution in [0.4, 0.5) is 21.8 Å². The van der Waals surface area contributed by atoms with Crippen LogP contribution in [-0.4, -0.2) is 60.5 Å². The molecule has 4 heterocycles. The number of amides is 1. The zero-order chi connectivity index (χ0) is 22.3. The first-order valence-corrected chi connectivity index (χ1v) is 10.1. The zero-order valence-electron chi connectivity index (χ0n) is 18.0. The van der Waals surface area contributed by atoms with E-state index in [4.69, 9.17) is 4.98 Å². The molecule has 10 nitrogen and oxygen atoms in total. The number of nitrogens with zero attached hydrogens (tertiary/aromatic N) is 7. The fourth-order valence-corrected chi connectivity index (χ4v) is 3.67. The molecule has 3 aromatic rings. The summed E-state index contributed by atoms with van der Waals surface area (Å²) in [5.74, 6) is 0.486. The fraction of sp³-hybridized carbons (Fsp3) is 0.450. The predicted octanol–water partition coefficient (Wildman–Crippen LogP) is 2.02. The predicted molar refractivity (Wildman–Crippen MR) is 116 cm³/mol. The molecule has 1 saturated heterocycles. The highest BCUT2D eigenvalue weighted by Crippen LogP contribution is 2.29. The number of hydrogen-bond acceptors (Lipinski definition) is 7. The molecule has 0 spiro atoms. The summed E-state index contributed by atoms with van der Waals surface area (Å²) in [6.45, 7) is 9.73. The summed E-state index contributed by atoms with van der Waals surface area (Å²) in [4.78, 5) is 27.2. The zero-order valence-corrected chi connectivity index (χ0v) is 18.0. The summed E-state index contributed by atoms with van der Waals surface area (Å²) >= 11 is 0. The maximum atomic E-state index is 14.6. The highest BCUT2D eigenvalue weighted by atomic mass is 19.1. The van der Waals surface area contributed by atoms with Crippen LogP contribution in [0.1, 0.15) is 25.6 Å². The van der Waals surface area contributed by atoms with Gasteiger partial charge in [-0.2, -0.15) is 15.1 Å². The van der Waals surface area contributed by atoms with E-state index in [0.29, 0.717) is 22.9 Å². The SMILES string of the molecule is C=CC(=O)NC1CN(c2nc(Nc3cn(C)nc3C)c3ncn(C(C)C)c3n2)CC1F. The Kier molecular flexibility index (Phi) is 5.34. The Hall–Kier alpha value is -3.50. The Labute approximate surface area is 179 Å². The lowest BCUT2D eigenvalue weighted by Gasteiger charge is -2.18. The first-order chi connectivity index (χ1) is 14.8. The van der Waals surface area contributed by atoms with Crippen molar-refractivity contribution >= 4 is 34.5 Å². The maximum Gasteiger partial charge on any atom is 0.243 e. The number of aryl methyl sites for hydroxylation is 2. The van der Waals surface area contributed by atoms with Crippen LogP contribution in [0.25, 0.3) is 11.2 Å². The van der Waals surface area contributed by atoms with Gasteiger partial charge in [0.1, 0.15) is 6.17 Å². The Bertz CT molecular complexity index is 1140. The molecule has 1 aliphatic rings. The molecular weight excluding hydrogens is 401 g/mol. The smallest absolute Gasteiger partial charge is 0.243 e. The van der Waals surface area contributed by atoms with Crippen LogP contribution >= 0.6 is 0 Å². The van der Waals surface area contributed by atoms with Crippen molar-refractivity contribution in [2.75, 3.05) is 23.3 Å². The molecule has 1 fully saturated rings. The molecule has 2 unspecified atom stereocenters. The molecule has 31 heavy (non-hydrogen) atoms. The Morgan fingerprint density at radius 3 is 2.77 bits per heavy atom. The molecule has 4 rings (SSSR count). The van der Waals surface area contributed by atoms with Crippen LogP contribution in [0.5, 0.6) is 0 Å². The Morgan fingerprint density at radius 2 is 2.13 bits per heavy atom. The minimum absolute atomic E-state index is 0.0781. The topological polar surface area (TPSA) is 106 Å². The molecular formula is C20H26FN9O. The van der Waals surface area contributed by atoms with Crippen molar-refractivity contribution in [2.24, 2.45) is 7.05 Å². The summed E-state index contributed by atoms with van der Waals surface area (Å²) in [6, 6.07) is -0.523. The van der Waals surface area contributed by atoms with E-state index < -0.39 is 18.1 Å². The number of hydrogen-bond donors (Lipinski definition) is 2. The van der Waals surface area contributed by atoms with Crippen molar-refractivity contribution in [2.45, 2.75) is 39.0 Å². The first-order valence-electron chi connectivity index (χ1n) is 10.1. The number of halogens is 1. The normalized spacial score (nSPS) is 18.7. The summed E-state index contributed by atoms with van der Waals surface area (Å²) in [6.07, 6.45) is 3.48. The van der Waals surface area contributed by atoms with Crippen molar-refractivity contribution in [3.05, 3.63) is 30.9 Å². The van der Waals surface area contributed by atoms with Crippen LogP contribution in [0.15, 0.2) is 25.2 Å². The molecule has 0 aliphatic carbocycles. The van der Waals surface area contributed by atoms with Crippen LogP contribution in [0.3, 0.4) is 0 Å². The molecule has 11 heteroatoms. The van der Waals surface area contributed by atoms with E-state index in [-0.39, 0.29) is 19.1 Å². The third-order valence-electron chi connectivity index (χ3n) is 5.28. The number of fused-ring (bicyclic) bond motifs is 1. The lowest BCUT2D eigenvalue weighted by atomic mass is 10.2. The van der Waals surface area contributed by atoms with Gasteiger partial charge in [0.05, 0.1) is 30.3 Å². The van der Waals surface area contributed by atoms with E-state index >= 15 is 0 Å². The standard InChI is InChI=1S/C20H26FN9O/c1-6-16(31)23-15-9-29(7-13(15)21)20-25-18(24-14-8-28(5)27-12(14)4)17-19(26-20)30(10-22-17)11(2)3/h6,8,10-11,13,15H,1,7,9H2,2-5H3,(H,23,31)(H,24,25,26). The van der Waals surface area contributed by atoms with Gasteiger partial charge < -0.3 is 20.1 Å². The number of rotatable bonds is 6. The molecule has 0 aromatic carbocycles. The van der Waals surface area contributed by atoms with Gasteiger partial charge in [-0.3, -0.25) is 9.48 Å². The molecule has 0 radical (unpaired) electrons. The van der Waals surface area contributed by atoms with E-state index in [0.717, 1.165) is 17.5 Å². The molecule has 164 valence electrons. The highest BCUT2D eigenvalue weighted by molar-refractivity contribution is 5.88. The average molecular weight is 427 g/mol. The van der Waals surface area contributed by atoms with Gasteiger partial charge in [0.15, 0.2) is 17.0 Å². The Morgan fingerprint density at radius 1 is 1.35 bits per heavy atom. The van der Waals surface area contributed by atoms with E-state index in [1.165, 1.54) is 0 Å². The van der Waals surface area contributed by atoms with Gasteiger partial charge in [-0.05, 0) is 26.8 Å². The van der Waals surface area contributed by atoms with Crippen molar-refractivity contribution in [1.29, 1.82) is 0 Å². The van der Waals surface area contributed by atoms with Gasteiger partial charge in [-0.1, -0.05) is 6.58 Å². The van der Waals surface area contributed by atoms with Gasteiger partial charge in [0.2, 0.25) is 11.9 Å². The van der Waals surface area contributed by atoms with Gasteiger partial charge in [0.25, 0.3) is 0 Å². The molecule has 3 aromatic heterocycles. The second-order valence-corrected chi connectivity index (χ2v) is 7.96. The average Bonchev–Trinajstić information content (AvgIpc) is 3.39. The molecule has 0 bridgehead atoms. The van der Waals surface area contributed by atoms with Crippen LogP contribution in [-0.2, 0) is 11.8 Å². The third-order valence-corrected chi connectivity index (χ3v) is 5.28. The second kappa shape index (κ2) is 7.97. The molecule has 2 N–H and O–H groups in total. The molecule has 1 amide bonds. The number of aromatic nitrogens is 6. The highest BCUT2D eigenvalue weighted by Gasteiger charge is 2.35. The first kappa shape index (κ1) is 20.8. The van der Waals surface area contributed by atoms with E-state index in [1.807, 2.05) is 38.6 Å². The summed E-state index contributed by atoms with van der Waals surface area (Å²) < 4.78 is 18.3. The number of nitrogens with one attached hydrogen (secondary N) is 2. The monoisotopic (exact) mass is 427 g/mol. The van der Waals surface area contributed by atoms with Gasteiger partial charge in [0, 0.05) is 25.8 Å². The minimum atomic E-state index is -1.24. The van der Waals surface area contributed by atoms with Crippen LogP contribution in [0.2, 0.25) is 0 Å². The van der Waals surface area contributed by atoms with Gasteiger partial charge in [-0.15, -0.1) is 0 Å². The quantitative estimate of drug-likeness (QED) is 0.580. The lowest BCUT2D eigenvalue weighted by molar-refractivity contribution is -0.117. The van der Waals surface area contributed by atoms with Crippen molar-refractivity contribution in [3.63, 3.8) is 0 Å². The molecule has 2 atom stereocenters. The second-order valence-electron chi connectivity index (χ2n) is 7.96. The summed E-state index contributed by atoms with van der Waals surface area (Å²) in [5.41, 5.74) is 2.89. The Balaban J connectivity index is 1.73. The number of carbonyl (C=O) groups excluding carboxylic acids is 1. The minimum Gasteiger partial charge on any atom is -0.345 e. The number of alkyl halides is 1. The van der Waals surface area contributed by atoms with Crippen molar-refractivity contribution in [1.82, 2.24) is 34.6 Å². The largest absolute Gasteiger partial charge is 0.345 e. The molecule has 1 aliphatic heterocycles. The summed E-state index contributed by atoms with van der Waals surface area (Å²) in [7, 11) is 1.84. The van der Waals surface area contributed by atoms with E-state index in [9.17, 15) is 9.18 Å². The van der Waals surface area contributed by atoms with Crippen LogP contribution in [0, 0.1) is 6.92 Å². The number of imidazole rings is 1. The lowest BCUT2D eigenvalue weighted by Crippen LogP contribution is -2.40. The summed E-state index contributed by atoms with van der Waals surface area (Å²) in [5, 5.41) is 10.3. The van der Waals surface area contributed by atoms with E-state index in [1.54, 1.807) is 15.9 Å². The molecule has 0 saturated carbocycles. The number of carbonyl (C=O) groups is 1. The van der Waals surface area contributed by atoms with Crippen molar-refractivity contribution in [3.8, 4) is 0 Å². The van der Waals surface area contributed by atoms with Gasteiger partial charge in [-0.25, -0.2) is 9.37 Å². The maximum absolute atomic E-state index is 14.6. The van der Waals surface area contributed by atoms with Gasteiger partial charge >= 0.3 is 0 Å². The van der Waals surface area contributed by atoms with E-state index in [2.05, 4.69) is 32.3 Å². The van der Waals surface area contributed by atoms with Crippen molar-refractivity contribution < 1.29 is 9.18 Å².